The lowest BCUT2D eigenvalue weighted by atomic mass is 10.1. The van der Waals surface area contributed by atoms with Crippen LogP contribution in [0.2, 0.25) is 0 Å². The molecule has 1 aromatic heterocycles. The number of hydrogen-bond acceptors (Lipinski definition) is 0. The summed E-state index contributed by atoms with van der Waals surface area (Å²) in [5.74, 6) is 0.621. The van der Waals surface area contributed by atoms with Crippen molar-refractivity contribution in [3.63, 3.8) is 0 Å². The molecule has 0 saturated carbocycles. The maximum atomic E-state index is 2.25. The molecule has 0 fully saturated rings. The topological polar surface area (TPSA) is 0 Å². The molecule has 0 aliphatic rings. The van der Waals surface area contributed by atoms with Crippen molar-refractivity contribution in [2.75, 3.05) is 0 Å². The van der Waals surface area contributed by atoms with E-state index in [-0.39, 0.29) is 0 Å². The molecule has 1 heterocycles. The minimum atomic E-state index is 0.621. The van der Waals surface area contributed by atoms with Gasteiger partial charge in [0.15, 0.2) is 5.38 Å². The first-order valence-electron chi connectivity index (χ1n) is 4.58. The van der Waals surface area contributed by atoms with E-state index in [1.165, 1.54) is 15.6 Å². The molecule has 2 rings (SSSR count). The molecular formula is C12H13S+. The van der Waals surface area contributed by atoms with E-state index in [2.05, 4.69) is 49.6 Å². The number of fused-ring (bicyclic) bond motifs is 1. The monoisotopic (exact) mass is 189 g/mol. The molecule has 1 aromatic carbocycles. The lowest BCUT2D eigenvalue weighted by molar-refractivity contribution is 0.896. The van der Waals surface area contributed by atoms with E-state index in [0.717, 1.165) is 0 Å². The fraction of sp³-hybridized carbons (Fsp3) is 0.250. The Labute approximate surface area is 82.9 Å². The number of rotatable bonds is 1. The average molecular weight is 189 g/mol. The van der Waals surface area contributed by atoms with Crippen LogP contribution in [0.5, 0.6) is 0 Å². The van der Waals surface area contributed by atoms with E-state index >= 15 is 0 Å². The summed E-state index contributed by atoms with van der Waals surface area (Å²) in [5, 5.41) is 4.94. The van der Waals surface area contributed by atoms with Crippen LogP contribution < -0.4 is 0 Å². The van der Waals surface area contributed by atoms with Crippen LogP contribution in [0.3, 0.4) is 0 Å². The zero-order chi connectivity index (χ0) is 9.26. The third kappa shape index (κ3) is 1.56. The van der Waals surface area contributed by atoms with E-state index in [1.54, 1.807) is 0 Å². The first kappa shape index (κ1) is 8.64. The van der Waals surface area contributed by atoms with Gasteiger partial charge in [0.05, 0.1) is 0 Å². The van der Waals surface area contributed by atoms with Gasteiger partial charge in [-0.15, -0.1) is 0 Å². The van der Waals surface area contributed by atoms with Crippen molar-refractivity contribution in [1.29, 1.82) is 0 Å². The second-order valence-electron chi connectivity index (χ2n) is 3.53. The summed E-state index contributed by atoms with van der Waals surface area (Å²) < 4.78 is 0. The van der Waals surface area contributed by atoms with Crippen LogP contribution in [0.4, 0.5) is 0 Å². The van der Waals surface area contributed by atoms with Crippen molar-refractivity contribution in [3.8, 4) is 0 Å². The Morgan fingerprint density at radius 3 is 2.62 bits per heavy atom. The zero-order valence-electron chi connectivity index (χ0n) is 7.95. The minimum Gasteiger partial charge on any atom is -0.0616 e. The molecular weight excluding hydrogens is 176 g/mol. The predicted octanol–water partition coefficient (Wildman–Crippen LogP) is 4.31. The maximum Gasteiger partial charge on any atom is 0.218 e. The molecule has 0 aliphatic heterocycles. The van der Waals surface area contributed by atoms with E-state index < -0.39 is 0 Å². The SMILES string of the molecule is CC(C)c1[s+]ccc2ccccc12. The van der Waals surface area contributed by atoms with Crippen molar-refractivity contribution < 1.29 is 0 Å². The fourth-order valence-electron chi connectivity index (χ4n) is 1.56. The summed E-state index contributed by atoms with van der Waals surface area (Å²) in [4.78, 5) is 1.48. The predicted molar refractivity (Wildman–Crippen MR) is 60.3 cm³/mol. The van der Waals surface area contributed by atoms with Gasteiger partial charge in [-0.25, -0.2) is 0 Å². The van der Waals surface area contributed by atoms with Crippen LogP contribution in [-0.2, 0) is 0 Å². The molecule has 1 heteroatoms. The normalized spacial score (nSPS) is 11.0. The Morgan fingerprint density at radius 1 is 1.08 bits per heavy atom. The highest BCUT2D eigenvalue weighted by Gasteiger charge is 2.14. The van der Waals surface area contributed by atoms with Gasteiger partial charge in [-0.3, -0.25) is 0 Å². The van der Waals surface area contributed by atoms with Crippen molar-refractivity contribution >= 4 is 22.1 Å². The first-order valence-corrected chi connectivity index (χ1v) is 5.46. The van der Waals surface area contributed by atoms with E-state index in [0.29, 0.717) is 5.92 Å². The molecule has 0 radical (unpaired) electrons. The standard InChI is InChI=1S/C12H13S/c1-9(2)12-11-6-4-3-5-10(11)7-8-13-12/h3-9H,1-2H3/q+1. The van der Waals surface area contributed by atoms with Gasteiger partial charge in [0.2, 0.25) is 16.2 Å². The summed E-state index contributed by atoms with van der Waals surface area (Å²) in [6, 6.07) is 10.8. The molecule has 0 unspecified atom stereocenters. The van der Waals surface area contributed by atoms with E-state index in [9.17, 15) is 0 Å². The summed E-state index contributed by atoms with van der Waals surface area (Å²) in [5.41, 5.74) is 0. The minimum absolute atomic E-state index is 0.621. The lowest BCUT2D eigenvalue weighted by Crippen LogP contribution is -1.85. The molecule has 0 spiro atoms. The lowest BCUT2D eigenvalue weighted by Gasteiger charge is -1.99. The van der Waals surface area contributed by atoms with Crippen molar-refractivity contribution in [1.82, 2.24) is 0 Å². The second kappa shape index (κ2) is 3.43. The summed E-state index contributed by atoms with van der Waals surface area (Å²) in [6.07, 6.45) is 0. The van der Waals surface area contributed by atoms with Gasteiger partial charge in [-0.05, 0) is 11.5 Å². The highest BCUT2D eigenvalue weighted by Crippen LogP contribution is 2.28. The Morgan fingerprint density at radius 2 is 1.85 bits per heavy atom. The van der Waals surface area contributed by atoms with Crippen LogP contribution in [-0.4, -0.2) is 0 Å². The molecule has 0 saturated heterocycles. The third-order valence-electron chi connectivity index (χ3n) is 2.19. The molecule has 0 bridgehead atoms. The fourth-order valence-corrected chi connectivity index (χ4v) is 2.50. The Balaban J connectivity index is 2.76. The van der Waals surface area contributed by atoms with Crippen LogP contribution in [0, 0.1) is 0 Å². The van der Waals surface area contributed by atoms with Gasteiger partial charge < -0.3 is 0 Å². The first-order chi connectivity index (χ1) is 6.29. The Kier molecular flexibility index (Phi) is 2.28. The molecule has 13 heavy (non-hydrogen) atoms. The number of hydrogen-bond donors (Lipinski definition) is 0. The zero-order valence-corrected chi connectivity index (χ0v) is 8.77. The molecule has 0 N–H and O–H groups in total. The molecule has 0 amide bonds. The van der Waals surface area contributed by atoms with Crippen molar-refractivity contribution in [2.24, 2.45) is 0 Å². The van der Waals surface area contributed by atoms with Crippen LogP contribution in [0.15, 0.2) is 35.7 Å². The van der Waals surface area contributed by atoms with Crippen LogP contribution in [0.25, 0.3) is 10.8 Å². The summed E-state index contributed by atoms with van der Waals surface area (Å²) in [6.45, 7) is 4.50. The quantitative estimate of drug-likeness (QED) is 0.586. The van der Waals surface area contributed by atoms with Gasteiger partial charge in [0, 0.05) is 17.4 Å². The Bertz CT molecular complexity index is 413. The van der Waals surface area contributed by atoms with Crippen LogP contribution >= 0.6 is 11.3 Å². The van der Waals surface area contributed by atoms with Gasteiger partial charge in [-0.2, -0.15) is 0 Å². The molecule has 0 aliphatic carbocycles. The van der Waals surface area contributed by atoms with Gasteiger partial charge in [0.25, 0.3) is 0 Å². The molecule has 0 nitrogen and oxygen atoms in total. The molecule has 0 atom stereocenters. The third-order valence-corrected chi connectivity index (χ3v) is 3.41. The Hall–Kier alpha value is -0.950. The van der Waals surface area contributed by atoms with Gasteiger partial charge >= 0.3 is 0 Å². The summed E-state index contributed by atoms with van der Waals surface area (Å²) >= 11 is 1.85. The van der Waals surface area contributed by atoms with E-state index in [4.69, 9.17) is 0 Å². The van der Waals surface area contributed by atoms with Gasteiger partial charge in [0.1, 0.15) is 0 Å². The largest absolute Gasteiger partial charge is 0.218 e. The van der Waals surface area contributed by atoms with E-state index in [1.807, 2.05) is 11.3 Å². The van der Waals surface area contributed by atoms with Crippen molar-refractivity contribution in [2.45, 2.75) is 19.8 Å². The smallest absolute Gasteiger partial charge is 0.0616 e. The summed E-state index contributed by atoms with van der Waals surface area (Å²) in [7, 11) is 0. The molecule has 66 valence electrons. The van der Waals surface area contributed by atoms with Gasteiger partial charge in [-0.1, -0.05) is 32.0 Å². The number of benzene rings is 1. The van der Waals surface area contributed by atoms with Crippen molar-refractivity contribution in [3.05, 3.63) is 40.6 Å². The van der Waals surface area contributed by atoms with Crippen LogP contribution in [0.1, 0.15) is 24.6 Å². The average Bonchev–Trinajstić information content (AvgIpc) is 2.17. The maximum absolute atomic E-state index is 2.25. The molecule has 2 aromatic rings. The second-order valence-corrected chi connectivity index (χ2v) is 4.47. The highest BCUT2D eigenvalue weighted by atomic mass is 32.1. The highest BCUT2D eigenvalue weighted by molar-refractivity contribution is 7.10.